The maximum atomic E-state index is 12.5. The van der Waals surface area contributed by atoms with Crippen LogP contribution in [0.1, 0.15) is 13.3 Å². The Morgan fingerprint density at radius 1 is 1.43 bits per heavy atom. The summed E-state index contributed by atoms with van der Waals surface area (Å²) in [4.78, 5) is 18.4. The van der Waals surface area contributed by atoms with Crippen LogP contribution in [0.4, 0.5) is 0 Å². The highest BCUT2D eigenvalue weighted by Gasteiger charge is 2.34. The lowest BCUT2D eigenvalue weighted by atomic mass is 10.2. The fourth-order valence-corrected chi connectivity index (χ4v) is 5.28. The van der Waals surface area contributed by atoms with Crippen molar-refractivity contribution in [3.8, 4) is 0 Å². The molecule has 0 radical (unpaired) electrons. The summed E-state index contributed by atoms with van der Waals surface area (Å²) < 4.78 is 28.7. The lowest BCUT2D eigenvalue weighted by molar-refractivity contribution is -0.130. The zero-order valence-electron chi connectivity index (χ0n) is 12.9. The van der Waals surface area contributed by atoms with E-state index < -0.39 is 15.1 Å². The number of carbonyl (C=O) groups excluding carboxylic acids is 1. The van der Waals surface area contributed by atoms with Gasteiger partial charge in [-0.3, -0.25) is 4.79 Å². The molecule has 0 saturated carbocycles. The van der Waals surface area contributed by atoms with Crippen molar-refractivity contribution in [2.75, 3.05) is 18.6 Å². The molecule has 2 heterocycles. The molecule has 124 valence electrons. The van der Waals surface area contributed by atoms with Gasteiger partial charge in [-0.2, -0.15) is 0 Å². The van der Waals surface area contributed by atoms with Gasteiger partial charge in [0.1, 0.15) is 5.52 Å². The smallest absolute Gasteiger partial charge is 0.257 e. The second-order valence-corrected chi connectivity index (χ2v) is 9.23. The molecule has 1 saturated heterocycles. The van der Waals surface area contributed by atoms with Gasteiger partial charge in [0.25, 0.3) is 5.22 Å². The highest BCUT2D eigenvalue weighted by Crippen LogP contribution is 2.28. The van der Waals surface area contributed by atoms with Crippen LogP contribution in [-0.2, 0) is 14.6 Å². The molecule has 1 aromatic heterocycles. The first kappa shape index (κ1) is 16.3. The van der Waals surface area contributed by atoms with E-state index >= 15 is 0 Å². The van der Waals surface area contributed by atoms with E-state index in [0.29, 0.717) is 17.2 Å². The number of thioether (sulfide) groups is 1. The van der Waals surface area contributed by atoms with Gasteiger partial charge in [0.2, 0.25) is 5.91 Å². The zero-order chi connectivity index (χ0) is 16.6. The molecule has 2 aromatic rings. The molecule has 6 nitrogen and oxygen atoms in total. The third kappa shape index (κ3) is 3.53. The van der Waals surface area contributed by atoms with Crippen LogP contribution in [0, 0.1) is 0 Å². The van der Waals surface area contributed by atoms with Crippen LogP contribution in [0.2, 0.25) is 0 Å². The SMILES string of the molecule is C[C@H](Sc1nc2ccccc2o1)C(=O)N(C)[C@H]1CCS(=O)(=O)C1. The van der Waals surface area contributed by atoms with E-state index in [1.165, 1.54) is 11.8 Å². The molecule has 23 heavy (non-hydrogen) atoms. The number of hydrogen-bond donors (Lipinski definition) is 0. The summed E-state index contributed by atoms with van der Waals surface area (Å²) in [5, 5.41) is 0.0517. The minimum atomic E-state index is -3.01. The first-order valence-corrected chi connectivity index (χ1v) is 10.1. The van der Waals surface area contributed by atoms with Gasteiger partial charge in [-0.05, 0) is 25.5 Å². The van der Waals surface area contributed by atoms with Crippen molar-refractivity contribution >= 4 is 38.6 Å². The van der Waals surface area contributed by atoms with Crippen LogP contribution >= 0.6 is 11.8 Å². The fraction of sp³-hybridized carbons (Fsp3) is 0.467. The Morgan fingerprint density at radius 2 is 2.17 bits per heavy atom. The number of nitrogens with zero attached hydrogens (tertiary/aromatic N) is 2. The molecule has 0 unspecified atom stereocenters. The summed E-state index contributed by atoms with van der Waals surface area (Å²) in [6, 6.07) is 7.19. The predicted octanol–water partition coefficient (Wildman–Crippen LogP) is 1.95. The van der Waals surface area contributed by atoms with Gasteiger partial charge >= 0.3 is 0 Å². The van der Waals surface area contributed by atoms with Crippen LogP contribution in [0.25, 0.3) is 11.1 Å². The molecule has 8 heteroatoms. The van der Waals surface area contributed by atoms with Crippen LogP contribution in [-0.4, -0.2) is 54.1 Å². The number of oxazole rings is 1. The number of hydrogen-bond acceptors (Lipinski definition) is 6. The standard InChI is InChI=1S/C15H18N2O4S2/c1-10(14(18)17(2)11-7-8-23(19,20)9-11)22-15-16-12-5-3-4-6-13(12)21-15/h3-6,10-11H,7-9H2,1-2H3/t10-,11-/m0/s1. The highest BCUT2D eigenvalue weighted by atomic mass is 32.2. The summed E-state index contributed by atoms with van der Waals surface area (Å²) in [5.74, 6) is 0.0941. The number of carbonyl (C=O) groups is 1. The number of fused-ring (bicyclic) bond motifs is 1. The van der Waals surface area contributed by atoms with E-state index in [4.69, 9.17) is 4.42 Å². The number of amides is 1. The van der Waals surface area contributed by atoms with Crippen molar-refractivity contribution in [1.29, 1.82) is 0 Å². The maximum absolute atomic E-state index is 12.5. The number of para-hydroxylation sites is 2. The van der Waals surface area contributed by atoms with Gasteiger partial charge in [-0.25, -0.2) is 13.4 Å². The van der Waals surface area contributed by atoms with Crippen LogP contribution in [0.5, 0.6) is 0 Å². The molecule has 2 atom stereocenters. The molecule has 1 amide bonds. The summed E-state index contributed by atoms with van der Waals surface area (Å²) >= 11 is 1.25. The second-order valence-electron chi connectivity index (χ2n) is 5.71. The Balaban J connectivity index is 1.67. The van der Waals surface area contributed by atoms with Gasteiger partial charge in [-0.1, -0.05) is 23.9 Å². The molecule has 0 bridgehead atoms. The first-order chi connectivity index (χ1) is 10.9. The van der Waals surface area contributed by atoms with Crippen molar-refractivity contribution in [1.82, 2.24) is 9.88 Å². The third-order valence-corrected chi connectivity index (χ3v) is 6.69. The van der Waals surface area contributed by atoms with Crippen molar-refractivity contribution in [2.45, 2.75) is 29.9 Å². The number of sulfone groups is 1. The Morgan fingerprint density at radius 3 is 2.83 bits per heavy atom. The Labute approximate surface area is 139 Å². The first-order valence-electron chi connectivity index (χ1n) is 7.35. The summed E-state index contributed by atoms with van der Waals surface area (Å²) in [6.07, 6.45) is 0.505. The van der Waals surface area contributed by atoms with Gasteiger partial charge in [0.15, 0.2) is 15.4 Å². The molecule has 0 spiro atoms. The molecule has 3 rings (SSSR count). The fourth-order valence-electron chi connectivity index (χ4n) is 2.65. The van der Waals surface area contributed by atoms with Gasteiger partial charge in [0, 0.05) is 13.1 Å². The lowest BCUT2D eigenvalue weighted by Crippen LogP contribution is -2.41. The Kier molecular flexibility index (Phi) is 4.37. The van der Waals surface area contributed by atoms with Crippen molar-refractivity contribution in [3.05, 3.63) is 24.3 Å². The van der Waals surface area contributed by atoms with E-state index in [-0.39, 0.29) is 23.5 Å². The largest absolute Gasteiger partial charge is 0.431 e. The highest BCUT2D eigenvalue weighted by molar-refractivity contribution is 8.00. The third-order valence-electron chi connectivity index (χ3n) is 4.00. The molecular weight excluding hydrogens is 336 g/mol. The van der Waals surface area contributed by atoms with E-state index in [1.807, 2.05) is 24.3 Å². The Hall–Kier alpha value is -1.54. The van der Waals surface area contributed by atoms with Crippen molar-refractivity contribution in [3.63, 3.8) is 0 Å². The molecule has 1 aromatic carbocycles. The average molecular weight is 354 g/mol. The summed E-state index contributed by atoms with van der Waals surface area (Å²) in [5.41, 5.74) is 1.44. The normalized spacial score (nSPS) is 21.4. The van der Waals surface area contributed by atoms with Crippen molar-refractivity contribution < 1.29 is 17.6 Å². The maximum Gasteiger partial charge on any atom is 0.257 e. The quantitative estimate of drug-likeness (QED) is 0.781. The van der Waals surface area contributed by atoms with Gasteiger partial charge < -0.3 is 9.32 Å². The minimum absolute atomic E-state index is 0.0511. The van der Waals surface area contributed by atoms with E-state index in [2.05, 4.69) is 4.98 Å². The number of rotatable bonds is 4. The van der Waals surface area contributed by atoms with E-state index in [1.54, 1.807) is 18.9 Å². The molecular formula is C15H18N2O4S2. The number of aromatic nitrogens is 1. The number of benzene rings is 1. The Bertz CT molecular complexity index is 798. The minimum Gasteiger partial charge on any atom is -0.431 e. The molecule has 1 fully saturated rings. The zero-order valence-corrected chi connectivity index (χ0v) is 14.6. The molecule has 1 aliphatic heterocycles. The van der Waals surface area contributed by atoms with Crippen molar-refractivity contribution in [2.24, 2.45) is 0 Å². The van der Waals surface area contributed by atoms with Gasteiger partial charge in [0.05, 0.1) is 16.8 Å². The topological polar surface area (TPSA) is 80.5 Å². The summed E-state index contributed by atoms with van der Waals surface area (Å²) in [6.45, 7) is 1.78. The average Bonchev–Trinajstić information content (AvgIpc) is 3.07. The molecule has 0 N–H and O–H groups in total. The monoisotopic (exact) mass is 354 g/mol. The van der Waals surface area contributed by atoms with Crippen LogP contribution < -0.4 is 0 Å². The van der Waals surface area contributed by atoms with Crippen LogP contribution in [0.3, 0.4) is 0 Å². The molecule has 0 aliphatic carbocycles. The molecule has 1 aliphatic rings. The van der Waals surface area contributed by atoms with Gasteiger partial charge in [-0.15, -0.1) is 0 Å². The van der Waals surface area contributed by atoms with E-state index in [0.717, 1.165) is 5.52 Å². The van der Waals surface area contributed by atoms with Crippen LogP contribution in [0.15, 0.2) is 33.9 Å². The summed E-state index contributed by atoms with van der Waals surface area (Å²) in [7, 11) is -1.34. The second kappa shape index (κ2) is 6.16. The van der Waals surface area contributed by atoms with E-state index in [9.17, 15) is 13.2 Å². The lowest BCUT2D eigenvalue weighted by Gasteiger charge is -2.25. The predicted molar refractivity (Wildman–Crippen MR) is 89.2 cm³/mol.